The number of carbonyl (C=O) groups excluding carboxylic acids is 3. The van der Waals surface area contributed by atoms with Gasteiger partial charge in [-0.1, -0.05) is 76.1 Å². The highest BCUT2D eigenvalue weighted by molar-refractivity contribution is 8.13. The molecule has 0 aromatic carbocycles. The molecule has 2 aromatic rings. The summed E-state index contributed by atoms with van der Waals surface area (Å²) in [6.07, 6.45) is 5.92. The molecule has 1 aliphatic heterocycles. The SMILES string of the molecule is CCCCCC/C=C\C=C\CC(=O)SCCNC(=O)CCNC(=O)[C@H](O)C(C)(C)COP(=O)([O-])OP(=O)([O-])OC[C@H]1O[C@@H](n2cnc3c(N)ncnc32)[C@H](O)[C@@H]1OP(=O)([O-])[O-]. The highest BCUT2D eigenvalue weighted by Gasteiger charge is 2.47. The highest BCUT2D eigenvalue weighted by atomic mass is 32.2. The van der Waals surface area contributed by atoms with Crippen LogP contribution < -0.4 is 35.9 Å². The number of nitrogens with two attached hydrogens (primary N) is 1. The number of thioether (sulfide) groups is 1. The molecule has 0 saturated carbocycles. The number of allylic oxidation sites excluding steroid dienone is 4. The van der Waals surface area contributed by atoms with Gasteiger partial charge in [-0.15, -0.1) is 0 Å². The van der Waals surface area contributed by atoms with E-state index in [1.54, 1.807) is 6.08 Å². The van der Waals surface area contributed by atoms with Crippen LogP contribution >= 0.6 is 35.2 Å². The molecular formula is C33H50N7O17P3S-4. The molecule has 0 aliphatic carbocycles. The van der Waals surface area contributed by atoms with Crippen molar-refractivity contribution >= 4 is 69.1 Å². The number of nitrogen functional groups attached to an aromatic ring is 1. The molecule has 6 N–H and O–H groups in total. The summed E-state index contributed by atoms with van der Waals surface area (Å²) in [6.45, 7) is 2.25. The van der Waals surface area contributed by atoms with Gasteiger partial charge in [0.05, 0.1) is 27.4 Å². The molecule has 0 bridgehead atoms. The average molecular weight is 942 g/mol. The maximum atomic E-state index is 12.6. The Labute approximate surface area is 355 Å². The minimum Gasteiger partial charge on any atom is -0.790 e. The number of unbranched alkanes of at least 4 members (excludes halogenated alkanes) is 4. The maximum absolute atomic E-state index is 12.6. The van der Waals surface area contributed by atoms with Gasteiger partial charge in [0.15, 0.2) is 22.8 Å². The van der Waals surface area contributed by atoms with Crippen molar-refractivity contribution in [1.29, 1.82) is 0 Å². The number of fused-ring (bicyclic) bond motifs is 1. The van der Waals surface area contributed by atoms with Gasteiger partial charge in [0.1, 0.15) is 36.3 Å². The summed E-state index contributed by atoms with van der Waals surface area (Å²) in [5.74, 6) is -1.22. The standard InChI is InChI=1S/C33H54N7O17P3S/c1-4-5-6-7-8-9-10-11-12-13-24(42)61-17-16-35-23(41)14-15-36-31(45)28(44)33(2,3)19-54-60(51,52)57-59(49,50)53-18-22-27(56-58(46,47)48)26(43)32(55-22)40-21-39-25-29(34)37-20-38-30(25)40/h9-12,20-22,26-28,32,43-44H,4-8,13-19H2,1-3H3,(H,35,41)(H,36,45)(H,49,50)(H,51,52)(H2,34,37,38)(H2,46,47,48)/p-4/b10-9-,12-11+/t22-,26-,27-,28+,32-/m1/s1. The molecule has 1 aliphatic rings. The van der Waals surface area contributed by atoms with E-state index < -0.39 is 84.6 Å². The Bertz CT molecular complexity index is 1980. The number of phosphoric acid groups is 3. The number of anilines is 1. The first-order valence-corrected chi connectivity index (χ1v) is 24.2. The molecule has 28 heteroatoms. The van der Waals surface area contributed by atoms with Gasteiger partial charge in [0, 0.05) is 37.1 Å². The Morgan fingerprint density at radius 2 is 1.74 bits per heavy atom. The van der Waals surface area contributed by atoms with Crippen molar-refractivity contribution in [3.8, 4) is 0 Å². The van der Waals surface area contributed by atoms with Gasteiger partial charge in [-0.3, -0.25) is 28.1 Å². The van der Waals surface area contributed by atoms with Gasteiger partial charge in [-0.05, 0) is 12.8 Å². The van der Waals surface area contributed by atoms with Crippen LogP contribution in [0.2, 0.25) is 0 Å². The van der Waals surface area contributed by atoms with Gasteiger partial charge in [0.25, 0.3) is 15.6 Å². The molecule has 2 amide bonds. The summed E-state index contributed by atoms with van der Waals surface area (Å²) in [6, 6.07) is 0. The van der Waals surface area contributed by atoms with E-state index in [1.165, 1.54) is 33.1 Å². The van der Waals surface area contributed by atoms with Gasteiger partial charge >= 0.3 is 0 Å². The van der Waals surface area contributed by atoms with Crippen molar-refractivity contribution in [3.05, 3.63) is 37.0 Å². The normalized spacial score (nSPS) is 21.1. The molecule has 344 valence electrons. The minimum absolute atomic E-state index is 0.0213. The number of rotatable bonds is 27. The highest BCUT2D eigenvalue weighted by Crippen LogP contribution is 2.56. The summed E-state index contributed by atoms with van der Waals surface area (Å²) in [5, 5.41) is 26.2. The Morgan fingerprint density at radius 3 is 2.44 bits per heavy atom. The molecule has 3 heterocycles. The summed E-state index contributed by atoms with van der Waals surface area (Å²) in [5.41, 5.74) is 4.07. The lowest BCUT2D eigenvalue weighted by molar-refractivity contribution is -0.347. The summed E-state index contributed by atoms with van der Waals surface area (Å²) in [4.78, 5) is 96.3. The lowest BCUT2D eigenvalue weighted by Crippen LogP contribution is -2.46. The Balaban J connectivity index is 1.41. The number of aliphatic hydroxyl groups excluding tert-OH is 2. The first kappa shape index (κ1) is 52.4. The molecular weight excluding hydrogens is 891 g/mol. The number of amides is 2. The van der Waals surface area contributed by atoms with Crippen molar-refractivity contribution in [3.63, 3.8) is 0 Å². The molecule has 1 fully saturated rings. The van der Waals surface area contributed by atoms with Crippen LogP contribution in [0.3, 0.4) is 0 Å². The fraction of sp³-hybridized carbons (Fsp3) is 0.636. The maximum Gasteiger partial charge on any atom is 0.274 e. The van der Waals surface area contributed by atoms with E-state index in [0.717, 1.165) is 41.8 Å². The second-order valence-electron chi connectivity index (χ2n) is 14.1. The van der Waals surface area contributed by atoms with E-state index in [4.69, 9.17) is 10.5 Å². The second-order valence-corrected chi connectivity index (χ2v) is 19.3. The number of hydrogen-bond acceptors (Lipinski definition) is 22. The topological polar surface area (TPSA) is 375 Å². The van der Waals surface area contributed by atoms with E-state index >= 15 is 0 Å². The van der Waals surface area contributed by atoms with E-state index in [1.807, 2.05) is 12.2 Å². The predicted molar refractivity (Wildman–Crippen MR) is 210 cm³/mol. The second kappa shape index (κ2) is 24.2. The summed E-state index contributed by atoms with van der Waals surface area (Å²) >= 11 is 1.06. The van der Waals surface area contributed by atoms with Gasteiger partial charge < -0.3 is 69.0 Å². The molecule has 0 spiro atoms. The van der Waals surface area contributed by atoms with Crippen LogP contribution in [-0.4, -0.2) is 103 Å². The molecule has 2 unspecified atom stereocenters. The van der Waals surface area contributed by atoms with Crippen molar-refractivity contribution < 1.29 is 80.5 Å². The lowest BCUT2D eigenvalue weighted by atomic mass is 9.87. The van der Waals surface area contributed by atoms with Crippen molar-refractivity contribution in [2.75, 3.05) is 37.8 Å². The summed E-state index contributed by atoms with van der Waals surface area (Å²) in [7, 11) is -17.6. The molecule has 0 radical (unpaired) electrons. The smallest absolute Gasteiger partial charge is 0.274 e. The van der Waals surface area contributed by atoms with Crippen LogP contribution in [0.5, 0.6) is 0 Å². The van der Waals surface area contributed by atoms with Crippen LogP contribution in [0.4, 0.5) is 5.82 Å². The zero-order valence-corrected chi connectivity index (χ0v) is 37.0. The number of carbonyl (C=O) groups is 3. The van der Waals surface area contributed by atoms with Gasteiger partial charge in [0.2, 0.25) is 11.8 Å². The fourth-order valence-electron chi connectivity index (χ4n) is 5.44. The number of imidazole rings is 1. The van der Waals surface area contributed by atoms with E-state index in [9.17, 15) is 57.9 Å². The number of aliphatic hydroxyl groups is 2. The van der Waals surface area contributed by atoms with Crippen LogP contribution in [-0.2, 0) is 50.7 Å². The third-order valence-corrected chi connectivity index (χ3v) is 12.5. The lowest BCUT2D eigenvalue weighted by Gasteiger charge is -2.36. The van der Waals surface area contributed by atoms with Crippen LogP contribution in [0.15, 0.2) is 37.0 Å². The molecule has 61 heavy (non-hydrogen) atoms. The molecule has 1 saturated heterocycles. The number of phosphoric ester groups is 3. The molecule has 2 aromatic heterocycles. The minimum atomic E-state index is -5.92. The number of hydrogen-bond donors (Lipinski definition) is 5. The number of ether oxygens (including phenoxy) is 1. The van der Waals surface area contributed by atoms with E-state index in [2.05, 4.69) is 56.5 Å². The third-order valence-electron chi connectivity index (χ3n) is 8.63. The zero-order valence-electron chi connectivity index (χ0n) is 33.5. The first-order valence-electron chi connectivity index (χ1n) is 18.8. The average Bonchev–Trinajstić information content (AvgIpc) is 3.73. The summed E-state index contributed by atoms with van der Waals surface area (Å²) < 4.78 is 60.6. The Kier molecular flexibility index (Phi) is 20.8. The van der Waals surface area contributed by atoms with Gasteiger partial charge in [-0.25, -0.2) is 19.3 Å². The monoisotopic (exact) mass is 941 g/mol. The van der Waals surface area contributed by atoms with Gasteiger partial charge in [-0.2, -0.15) is 0 Å². The molecule has 7 atom stereocenters. The quantitative estimate of drug-likeness (QED) is 0.0432. The van der Waals surface area contributed by atoms with Crippen molar-refractivity contribution in [1.82, 2.24) is 30.2 Å². The van der Waals surface area contributed by atoms with Crippen molar-refractivity contribution in [2.24, 2.45) is 5.41 Å². The van der Waals surface area contributed by atoms with Crippen molar-refractivity contribution in [2.45, 2.75) is 96.4 Å². The molecule has 3 rings (SSSR count). The number of aromatic nitrogens is 4. The Hall–Kier alpha value is -2.96. The first-order chi connectivity index (χ1) is 28.6. The zero-order chi connectivity index (χ0) is 45.4. The molecule has 24 nitrogen and oxygen atoms in total. The Morgan fingerprint density at radius 1 is 1.03 bits per heavy atom. The number of nitrogens with zero attached hydrogens (tertiary/aromatic N) is 4. The third kappa shape index (κ3) is 18.0. The van der Waals surface area contributed by atoms with Crippen LogP contribution in [0.1, 0.15) is 71.9 Å². The number of nitrogens with one attached hydrogen (secondary N) is 2. The fourth-order valence-corrected chi connectivity index (χ4v) is 8.82. The largest absolute Gasteiger partial charge is 0.790 e. The van der Waals surface area contributed by atoms with Crippen LogP contribution in [0.25, 0.3) is 11.2 Å². The van der Waals surface area contributed by atoms with E-state index in [0.29, 0.717) is 5.75 Å². The van der Waals surface area contributed by atoms with Crippen LogP contribution in [0, 0.1) is 5.41 Å². The van der Waals surface area contributed by atoms with E-state index in [-0.39, 0.29) is 48.0 Å². The predicted octanol–water partition coefficient (Wildman–Crippen LogP) is -0.390.